The Labute approximate surface area is 132 Å². The number of carbonyl (C=O) groups excluding carboxylic acids is 2. The van der Waals surface area contributed by atoms with Crippen LogP contribution in [0.5, 0.6) is 0 Å². The summed E-state index contributed by atoms with van der Waals surface area (Å²) in [6, 6.07) is 6.10. The number of aryl methyl sites for hydroxylation is 1. The van der Waals surface area contributed by atoms with Crippen molar-refractivity contribution in [3.05, 3.63) is 39.9 Å². The largest absolute Gasteiger partial charge is 0.449 e. The van der Waals surface area contributed by atoms with Gasteiger partial charge in [-0.2, -0.15) is 0 Å². The molecule has 1 aliphatic rings. The van der Waals surface area contributed by atoms with E-state index in [-0.39, 0.29) is 11.9 Å². The van der Waals surface area contributed by atoms with Crippen LogP contribution in [0.15, 0.2) is 28.7 Å². The quantitative estimate of drug-likeness (QED) is 0.655. The molecule has 0 aliphatic heterocycles. The molecular formula is C16H18BrNO3. The molecule has 4 nitrogen and oxygen atoms in total. The number of hydrogen-bond acceptors (Lipinski definition) is 3. The van der Waals surface area contributed by atoms with Gasteiger partial charge < -0.3 is 10.1 Å². The molecule has 112 valence electrons. The first-order valence-electron chi connectivity index (χ1n) is 6.91. The third-order valence-corrected chi connectivity index (χ3v) is 3.83. The summed E-state index contributed by atoms with van der Waals surface area (Å²) in [5.74, 6) is -0.767. The maximum atomic E-state index is 11.7. The highest BCUT2D eigenvalue weighted by molar-refractivity contribution is 9.10. The third kappa shape index (κ3) is 5.01. The number of ether oxygens (including phenoxy) is 1. The Balaban J connectivity index is 1.88. The van der Waals surface area contributed by atoms with E-state index in [0.29, 0.717) is 0 Å². The molecule has 0 saturated heterocycles. The summed E-state index contributed by atoms with van der Waals surface area (Å²) in [6.45, 7) is 3.57. The zero-order valence-electron chi connectivity index (χ0n) is 12.1. The summed E-state index contributed by atoms with van der Waals surface area (Å²) in [4.78, 5) is 23.4. The van der Waals surface area contributed by atoms with Gasteiger partial charge in [0.2, 0.25) is 0 Å². The second-order valence-corrected chi connectivity index (χ2v) is 6.07. The van der Waals surface area contributed by atoms with Crippen LogP contribution < -0.4 is 5.32 Å². The van der Waals surface area contributed by atoms with Crippen LogP contribution in [0.2, 0.25) is 0 Å². The summed E-state index contributed by atoms with van der Waals surface area (Å²) in [6.07, 6.45) is 4.24. The fourth-order valence-corrected chi connectivity index (χ4v) is 2.36. The number of benzene rings is 1. The van der Waals surface area contributed by atoms with Gasteiger partial charge in [0.25, 0.3) is 5.91 Å². The van der Waals surface area contributed by atoms with E-state index in [2.05, 4.69) is 21.2 Å². The van der Waals surface area contributed by atoms with Crippen LogP contribution in [0.1, 0.15) is 30.9 Å². The first-order valence-corrected chi connectivity index (χ1v) is 7.70. The molecule has 0 spiro atoms. The minimum atomic E-state index is -0.774. The third-order valence-electron chi connectivity index (χ3n) is 3.14. The molecule has 1 N–H and O–H groups in total. The standard InChI is InChI=1S/C16H18BrNO3/c1-10-3-4-12(14(17)9-10)5-8-15(19)21-11(2)16(20)18-13-6-7-13/h3-5,8-9,11,13H,6-7H2,1-2H3,(H,18,20)/b8-5+/t11-/m1/s1. The lowest BCUT2D eigenvalue weighted by Crippen LogP contribution is -2.36. The van der Waals surface area contributed by atoms with Crippen molar-refractivity contribution in [2.24, 2.45) is 0 Å². The minimum Gasteiger partial charge on any atom is -0.449 e. The number of amides is 1. The molecule has 0 unspecified atom stereocenters. The number of rotatable bonds is 5. The second kappa shape index (κ2) is 6.89. The first kappa shape index (κ1) is 15.8. The zero-order chi connectivity index (χ0) is 15.4. The molecule has 0 heterocycles. The molecule has 1 fully saturated rings. The number of carbonyl (C=O) groups is 2. The normalized spacial score (nSPS) is 15.8. The van der Waals surface area contributed by atoms with Gasteiger partial charge in [0.15, 0.2) is 6.10 Å². The molecule has 1 aromatic rings. The molecular weight excluding hydrogens is 334 g/mol. The van der Waals surface area contributed by atoms with Gasteiger partial charge in [0.05, 0.1) is 0 Å². The predicted octanol–water partition coefficient (Wildman–Crippen LogP) is 2.98. The number of nitrogens with one attached hydrogen (secondary N) is 1. The van der Waals surface area contributed by atoms with Crippen LogP contribution in [0.25, 0.3) is 6.08 Å². The van der Waals surface area contributed by atoms with Crippen molar-refractivity contribution in [2.75, 3.05) is 0 Å². The molecule has 1 aliphatic carbocycles. The smallest absolute Gasteiger partial charge is 0.331 e. The average Bonchev–Trinajstić information content (AvgIpc) is 3.21. The van der Waals surface area contributed by atoms with Crippen molar-refractivity contribution < 1.29 is 14.3 Å². The van der Waals surface area contributed by atoms with Crippen molar-refractivity contribution in [3.8, 4) is 0 Å². The lowest BCUT2D eigenvalue weighted by atomic mass is 10.1. The van der Waals surface area contributed by atoms with Crippen LogP contribution in [0.3, 0.4) is 0 Å². The number of esters is 1. The Hall–Kier alpha value is -1.62. The van der Waals surface area contributed by atoms with E-state index in [1.165, 1.54) is 6.08 Å². The van der Waals surface area contributed by atoms with Gasteiger partial charge in [-0.05, 0) is 50.0 Å². The van der Waals surface area contributed by atoms with E-state index in [9.17, 15) is 9.59 Å². The van der Waals surface area contributed by atoms with Crippen molar-refractivity contribution in [2.45, 2.75) is 38.8 Å². The molecule has 0 bridgehead atoms. The lowest BCUT2D eigenvalue weighted by molar-refractivity contribution is -0.150. The van der Waals surface area contributed by atoms with Gasteiger partial charge in [-0.3, -0.25) is 4.79 Å². The summed E-state index contributed by atoms with van der Waals surface area (Å²) in [5.41, 5.74) is 2.01. The van der Waals surface area contributed by atoms with Crippen LogP contribution in [0, 0.1) is 6.92 Å². The maximum absolute atomic E-state index is 11.7. The Bertz CT molecular complexity index is 579. The molecule has 1 aromatic carbocycles. The Morgan fingerprint density at radius 2 is 2.14 bits per heavy atom. The van der Waals surface area contributed by atoms with Crippen LogP contribution >= 0.6 is 15.9 Å². The highest BCUT2D eigenvalue weighted by Gasteiger charge is 2.26. The number of halogens is 1. The van der Waals surface area contributed by atoms with Gasteiger partial charge in [-0.15, -0.1) is 0 Å². The fraction of sp³-hybridized carbons (Fsp3) is 0.375. The van der Waals surface area contributed by atoms with Gasteiger partial charge >= 0.3 is 5.97 Å². The average molecular weight is 352 g/mol. The van der Waals surface area contributed by atoms with Crippen molar-refractivity contribution >= 4 is 33.9 Å². The lowest BCUT2D eigenvalue weighted by Gasteiger charge is -2.11. The summed E-state index contributed by atoms with van der Waals surface area (Å²) in [5, 5.41) is 2.80. The number of hydrogen-bond donors (Lipinski definition) is 1. The summed E-state index contributed by atoms with van der Waals surface area (Å²) < 4.78 is 5.98. The monoisotopic (exact) mass is 351 g/mol. The summed E-state index contributed by atoms with van der Waals surface area (Å²) in [7, 11) is 0. The van der Waals surface area contributed by atoms with Crippen LogP contribution in [-0.4, -0.2) is 24.0 Å². The van der Waals surface area contributed by atoms with E-state index in [1.54, 1.807) is 13.0 Å². The Morgan fingerprint density at radius 3 is 2.76 bits per heavy atom. The van der Waals surface area contributed by atoms with Crippen molar-refractivity contribution in [3.63, 3.8) is 0 Å². The van der Waals surface area contributed by atoms with E-state index in [0.717, 1.165) is 28.4 Å². The topological polar surface area (TPSA) is 55.4 Å². The van der Waals surface area contributed by atoms with Gasteiger partial charge in [-0.1, -0.05) is 28.1 Å². The molecule has 0 radical (unpaired) electrons. The maximum Gasteiger partial charge on any atom is 0.331 e. The second-order valence-electron chi connectivity index (χ2n) is 5.22. The van der Waals surface area contributed by atoms with Gasteiger partial charge in [0.1, 0.15) is 0 Å². The molecule has 1 saturated carbocycles. The SMILES string of the molecule is Cc1ccc(/C=C/C(=O)O[C@H](C)C(=O)NC2CC2)c(Br)c1. The van der Waals surface area contributed by atoms with Crippen molar-refractivity contribution in [1.29, 1.82) is 0 Å². The highest BCUT2D eigenvalue weighted by atomic mass is 79.9. The molecule has 2 rings (SSSR count). The van der Waals surface area contributed by atoms with Gasteiger partial charge in [-0.25, -0.2) is 4.79 Å². The summed E-state index contributed by atoms with van der Waals surface area (Å²) >= 11 is 3.44. The van der Waals surface area contributed by atoms with Crippen molar-refractivity contribution in [1.82, 2.24) is 5.32 Å². The van der Waals surface area contributed by atoms with E-state index in [4.69, 9.17) is 4.74 Å². The van der Waals surface area contributed by atoms with E-state index < -0.39 is 12.1 Å². The fourth-order valence-electron chi connectivity index (χ4n) is 1.74. The van der Waals surface area contributed by atoms with E-state index in [1.807, 2.05) is 25.1 Å². The molecule has 1 atom stereocenters. The minimum absolute atomic E-state index is 0.240. The van der Waals surface area contributed by atoms with E-state index >= 15 is 0 Å². The highest BCUT2D eigenvalue weighted by Crippen LogP contribution is 2.20. The molecule has 5 heteroatoms. The molecule has 0 aromatic heterocycles. The van der Waals surface area contributed by atoms with Crippen LogP contribution in [0.4, 0.5) is 0 Å². The zero-order valence-corrected chi connectivity index (χ0v) is 13.6. The first-order chi connectivity index (χ1) is 9.95. The van der Waals surface area contributed by atoms with Crippen LogP contribution in [-0.2, 0) is 14.3 Å². The molecule has 1 amide bonds. The predicted molar refractivity (Wildman–Crippen MR) is 84.6 cm³/mol. The molecule has 21 heavy (non-hydrogen) atoms. The Morgan fingerprint density at radius 1 is 1.43 bits per heavy atom. The van der Waals surface area contributed by atoms with Gasteiger partial charge in [0, 0.05) is 16.6 Å². The Kier molecular flexibility index (Phi) is 5.17.